The highest BCUT2D eigenvalue weighted by Gasteiger charge is 2.30. The number of fused-ring (bicyclic) bond motifs is 1. The number of aromatic nitrogens is 5. The van der Waals surface area contributed by atoms with Gasteiger partial charge in [-0.05, 0) is 45.8 Å². The monoisotopic (exact) mass is 475 g/mol. The van der Waals surface area contributed by atoms with Gasteiger partial charge in [0.05, 0.1) is 11.7 Å². The van der Waals surface area contributed by atoms with Crippen molar-refractivity contribution in [3.63, 3.8) is 0 Å². The number of hydrogen-bond acceptors (Lipinski definition) is 5. The van der Waals surface area contributed by atoms with E-state index < -0.39 is 0 Å². The molecule has 2 aromatic heterocycles. The second-order valence-corrected chi connectivity index (χ2v) is 9.16. The molecule has 0 saturated carbocycles. The van der Waals surface area contributed by atoms with Crippen LogP contribution in [0.3, 0.4) is 0 Å². The van der Waals surface area contributed by atoms with Crippen molar-refractivity contribution in [1.82, 2.24) is 35.0 Å². The Morgan fingerprint density at radius 2 is 1.64 bits per heavy atom. The van der Waals surface area contributed by atoms with Gasteiger partial charge in [-0.3, -0.25) is 9.80 Å². The van der Waals surface area contributed by atoms with Gasteiger partial charge >= 0.3 is 0 Å². The molecule has 1 aliphatic rings. The van der Waals surface area contributed by atoms with Crippen molar-refractivity contribution < 1.29 is 0 Å². The van der Waals surface area contributed by atoms with E-state index in [1.165, 1.54) is 11.1 Å². The Labute approximate surface area is 210 Å². The minimum absolute atomic E-state index is 0.0230. The van der Waals surface area contributed by atoms with Crippen LogP contribution in [0.15, 0.2) is 97.2 Å². The summed E-state index contributed by atoms with van der Waals surface area (Å²) in [5.74, 6) is 0.841. The molecule has 5 aromatic rings. The summed E-state index contributed by atoms with van der Waals surface area (Å²) in [6, 6.07) is 29.4. The van der Waals surface area contributed by atoms with Gasteiger partial charge in [0.15, 0.2) is 5.82 Å². The van der Waals surface area contributed by atoms with E-state index in [1.54, 1.807) is 0 Å². The zero-order valence-corrected chi connectivity index (χ0v) is 20.1. The van der Waals surface area contributed by atoms with Crippen LogP contribution in [-0.2, 0) is 0 Å². The molecular weight excluding hydrogens is 446 g/mol. The maximum Gasteiger partial charge on any atom is 0.178 e. The number of rotatable bonds is 7. The van der Waals surface area contributed by atoms with Crippen molar-refractivity contribution in [3.8, 4) is 5.69 Å². The fourth-order valence-corrected chi connectivity index (χ4v) is 4.99. The number of nitrogens with one attached hydrogen (secondary N) is 1. The lowest BCUT2D eigenvalue weighted by atomic mass is 10.0. The summed E-state index contributed by atoms with van der Waals surface area (Å²) < 4.78 is 1.89. The summed E-state index contributed by atoms with van der Waals surface area (Å²) >= 11 is 0. The van der Waals surface area contributed by atoms with Crippen LogP contribution in [0.4, 0.5) is 0 Å². The molecule has 0 amide bonds. The zero-order valence-electron chi connectivity index (χ0n) is 20.1. The smallest absolute Gasteiger partial charge is 0.178 e. The summed E-state index contributed by atoms with van der Waals surface area (Å²) in [5, 5.41) is 14.2. The molecule has 1 aliphatic heterocycles. The van der Waals surface area contributed by atoms with Gasteiger partial charge in [-0.15, -0.1) is 5.10 Å². The fourth-order valence-electron chi connectivity index (χ4n) is 4.99. The predicted molar refractivity (Wildman–Crippen MR) is 143 cm³/mol. The van der Waals surface area contributed by atoms with Crippen molar-refractivity contribution >= 4 is 17.0 Å². The Kier molecular flexibility index (Phi) is 6.39. The molecule has 7 heteroatoms. The third-order valence-corrected chi connectivity index (χ3v) is 6.88. The molecule has 36 heavy (non-hydrogen) atoms. The predicted octanol–water partition coefficient (Wildman–Crippen LogP) is 4.56. The molecule has 1 unspecified atom stereocenters. The molecule has 3 aromatic carbocycles. The SMILES string of the molecule is C(=C\c1ccccc1)/CN1CCN(C(c2ccccc2)c2nnnn2-c2ccc3[nH]ccc3c2)CC1. The van der Waals surface area contributed by atoms with Crippen molar-refractivity contribution in [2.75, 3.05) is 32.7 Å². The topological polar surface area (TPSA) is 65.9 Å². The highest BCUT2D eigenvalue weighted by atomic mass is 15.6. The highest BCUT2D eigenvalue weighted by molar-refractivity contribution is 5.81. The lowest BCUT2D eigenvalue weighted by Crippen LogP contribution is -2.48. The quantitative estimate of drug-likeness (QED) is 0.374. The fraction of sp³-hybridized carbons (Fsp3) is 0.207. The van der Waals surface area contributed by atoms with E-state index in [0.717, 1.165) is 55.1 Å². The first kappa shape index (κ1) is 22.4. The van der Waals surface area contributed by atoms with Gasteiger partial charge in [0, 0.05) is 49.8 Å². The molecule has 180 valence electrons. The van der Waals surface area contributed by atoms with Gasteiger partial charge in [-0.2, -0.15) is 4.68 Å². The molecule has 7 nitrogen and oxygen atoms in total. The van der Waals surface area contributed by atoms with E-state index in [1.807, 2.05) is 10.9 Å². The van der Waals surface area contributed by atoms with Gasteiger partial charge in [0.25, 0.3) is 0 Å². The van der Waals surface area contributed by atoms with Crippen LogP contribution in [-0.4, -0.2) is 67.7 Å². The Morgan fingerprint density at radius 1 is 0.861 bits per heavy atom. The number of tetrazole rings is 1. The van der Waals surface area contributed by atoms with Gasteiger partial charge in [-0.25, -0.2) is 0 Å². The number of nitrogens with zero attached hydrogens (tertiary/aromatic N) is 6. The van der Waals surface area contributed by atoms with Crippen LogP contribution >= 0.6 is 0 Å². The Balaban J connectivity index is 1.23. The average molecular weight is 476 g/mol. The second kappa shape index (κ2) is 10.3. The summed E-state index contributed by atoms with van der Waals surface area (Å²) in [4.78, 5) is 8.26. The van der Waals surface area contributed by atoms with Crippen molar-refractivity contribution in [2.45, 2.75) is 6.04 Å². The van der Waals surface area contributed by atoms with E-state index in [4.69, 9.17) is 0 Å². The molecule has 0 spiro atoms. The number of H-pyrrole nitrogens is 1. The standard InChI is InChI=1S/C29H29N7/c1-3-8-23(9-4-1)10-7-17-34-18-20-35(21-19-34)28(24-11-5-2-6-12-24)29-31-32-33-36(29)26-13-14-27-25(22-26)15-16-30-27/h1-16,22,28,30H,17-21H2/b10-7+. The lowest BCUT2D eigenvalue weighted by Gasteiger charge is -2.38. The molecule has 0 radical (unpaired) electrons. The molecule has 6 rings (SSSR count). The van der Waals surface area contributed by atoms with Gasteiger partial charge in [-0.1, -0.05) is 72.8 Å². The van der Waals surface area contributed by atoms with Crippen LogP contribution in [0.2, 0.25) is 0 Å². The summed E-state index contributed by atoms with van der Waals surface area (Å²) in [6.07, 6.45) is 6.42. The average Bonchev–Trinajstić information content (AvgIpc) is 3.60. The molecule has 1 atom stereocenters. The van der Waals surface area contributed by atoms with Gasteiger partial charge in [0.2, 0.25) is 0 Å². The van der Waals surface area contributed by atoms with E-state index >= 15 is 0 Å². The van der Waals surface area contributed by atoms with Crippen molar-refractivity contribution in [1.29, 1.82) is 0 Å². The van der Waals surface area contributed by atoms with Crippen LogP contribution in [0.1, 0.15) is 23.0 Å². The van der Waals surface area contributed by atoms with Crippen LogP contribution in [0, 0.1) is 0 Å². The molecule has 1 saturated heterocycles. The first-order valence-electron chi connectivity index (χ1n) is 12.4. The molecule has 0 aliphatic carbocycles. The van der Waals surface area contributed by atoms with Crippen molar-refractivity contribution in [2.24, 2.45) is 0 Å². The van der Waals surface area contributed by atoms with Gasteiger partial charge < -0.3 is 4.98 Å². The first-order valence-corrected chi connectivity index (χ1v) is 12.4. The third-order valence-electron chi connectivity index (χ3n) is 6.88. The summed E-state index contributed by atoms with van der Waals surface area (Å²) in [6.45, 7) is 4.84. The lowest BCUT2D eigenvalue weighted by molar-refractivity contribution is 0.113. The third kappa shape index (κ3) is 4.71. The van der Waals surface area contributed by atoms with E-state index in [-0.39, 0.29) is 6.04 Å². The van der Waals surface area contributed by atoms with E-state index in [0.29, 0.717) is 0 Å². The largest absolute Gasteiger partial charge is 0.361 e. The van der Waals surface area contributed by atoms with Crippen molar-refractivity contribution in [3.05, 3.63) is 114 Å². The van der Waals surface area contributed by atoms with Crippen LogP contribution in [0.5, 0.6) is 0 Å². The minimum atomic E-state index is -0.0230. The second-order valence-electron chi connectivity index (χ2n) is 9.16. The number of benzene rings is 3. The normalized spacial score (nSPS) is 16.1. The number of hydrogen-bond donors (Lipinski definition) is 1. The Hall–Kier alpha value is -4.07. The molecule has 1 N–H and O–H groups in total. The van der Waals surface area contributed by atoms with Crippen LogP contribution in [0.25, 0.3) is 22.7 Å². The molecular formula is C29H29N7. The zero-order chi connectivity index (χ0) is 24.2. The first-order chi connectivity index (χ1) is 17.8. The maximum atomic E-state index is 4.54. The molecule has 3 heterocycles. The molecule has 0 bridgehead atoms. The van der Waals surface area contributed by atoms with Crippen LogP contribution < -0.4 is 0 Å². The number of piperazine rings is 1. The number of aromatic amines is 1. The molecule has 1 fully saturated rings. The summed E-state index contributed by atoms with van der Waals surface area (Å²) in [5.41, 5.74) is 4.51. The summed E-state index contributed by atoms with van der Waals surface area (Å²) in [7, 11) is 0. The Bertz CT molecular complexity index is 1430. The Morgan fingerprint density at radius 3 is 2.44 bits per heavy atom. The van der Waals surface area contributed by atoms with Gasteiger partial charge in [0.1, 0.15) is 0 Å². The van der Waals surface area contributed by atoms with E-state index in [2.05, 4.69) is 127 Å². The maximum absolute atomic E-state index is 4.54. The van der Waals surface area contributed by atoms with E-state index in [9.17, 15) is 0 Å². The highest BCUT2D eigenvalue weighted by Crippen LogP contribution is 2.30. The minimum Gasteiger partial charge on any atom is -0.361 e.